The van der Waals surface area contributed by atoms with E-state index in [1.165, 1.54) is 29.5 Å². The van der Waals surface area contributed by atoms with E-state index in [0.29, 0.717) is 19.1 Å². The van der Waals surface area contributed by atoms with Crippen LogP contribution in [0, 0.1) is 5.92 Å². The van der Waals surface area contributed by atoms with E-state index >= 15 is 0 Å². The lowest BCUT2D eigenvalue weighted by Crippen LogP contribution is -2.38. The molecule has 1 atom stereocenters. The molecular formula is C26H36N2O3. The van der Waals surface area contributed by atoms with Crippen LogP contribution in [-0.4, -0.2) is 67.5 Å². The lowest BCUT2D eigenvalue weighted by Gasteiger charge is -2.31. The number of rotatable bonds is 9. The van der Waals surface area contributed by atoms with Gasteiger partial charge in [-0.15, -0.1) is 0 Å². The Morgan fingerprint density at radius 2 is 1.81 bits per heavy atom. The fraction of sp³-hybridized carbons (Fsp3) is 0.538. The van der Waals surface area contributed by atoms with Crippen molar-refractivity contribution < 1.29 is 14.6 Å². The minimum Gasteiger partial charge on any atom is -0.491 e. The Morgan fingerprint density at radius 3 is 2.61 bits per heavy atom. The number of fused-ring (bicyclic) bond motifs is 1. The number of benzene rings is 2. The zero-order valence-electron chi connectivity index (χ0n) is 18.7. The number of ether oxygens (including phenoxy) is 2. The highest BCUT2D eigenvalue weighted by Gasteiger charge is 2.20. The van der Waals surface area contributed by atoms with Gasteiger partial charge < -0.3 is 14.6 Å². The van der Waals surface area contributed by atoms with Crippen molar-refractivity contribution >= 4 is 0 Å². The molecule has 2 aromatic rings. The van der Waals surface area contributed by atoms with E-state index < -0.39 is 6.10 Å². The number of hydrogen-bond donors (Lipinski definition) is 1. The van der Waals surface area contributed by atoms with Crippen molar-refractivity contribution in [2.45, 2.75) is 38.5 Å². The molecule has 2 aliphatic heterocycles. The number of nitrogens with zero attached hydrogens (tertiary/aromatic N) is 2. The van der Waals surface area contributed by atoms with Crippen LogP contribution in [0.15, 0.2) is 48.5 Å². The summed E-state index contributed by atoms with van der Waals surface area (Å²) in [5, 5.41) is 10.5. The molecule has 0 saturated carbocycles. The first-order valence-corrected chi connectivity index (χ1v) is 11.6. The second-order valence-corrected chi connectivity index (χ2v) is 9.04. The fourth-order valence-electron chi connectivity index (χ4n) is 4.79. The van der Waals surface area contributed by atoms with Crippen molar-refractivity contribution in [1.82, 2.24) is 9.80 Å². The van der Waals surface area contributed by atoms with Crippen LogP contribution in [0.5, 0.6) is 5.75 Å². The van der Waals surface area contributed by atoms with Crippen LogP contribution in [-0.2, 0) is 24.2 Å². The fourth-order valence-corrected chi connectivity index (χ4v) is 4.79. The lowest BCUT2D eigenvalue weighted by molar-refractivity contribution is 0.0637. The van der Waals surface area contributed by atoms with Crippen LogP contribution < -0.4 is 4.74 Å². The molecule has 0 bridgehead atoms. The summed E-state index contributed by atoms with van der Waals surface area (Å²) in [6.07, 6.45) is 2.97. The highest BCUT2D eigenvalue weighted by atomic mass is 16.5. The second-order valence-electron chi connectivity index (χ2n) is 9.04. The molecule has 31 heavy (non-hydrogen) atoms. The third-order valence-electron chi connectivity index (χ3n) is 6.54. The van der Waals surface area contributed by atoms with E-state index in [2.05, 4.69) is 52.3 Å². The first-order chi connectivity index (χ1) is 15.2. The molecule has 1 N–H and O–H groups in total. The van der Waals surface area contributed by atoms with Gasteiger partial charge in [0, 0.05) is 39.9 Å². The maximum atomic E-state index is 10.5. The maximum absolute atomic E-state index is 10.5. The molecule has 0 amide bonds. The molecule has 0 aromatic heterocycles. The third kappa shape index (κ3) is 6.53. The van der Waals surface area contributed by atoms with Gasteiger partial charge in [-0.25, -0.2) is 0 Å². The van der Waals surface area contributed by atoms with Crippen LogP contribution in [0.25, 0.3) is 0 Å². The zero-order chi connectivity index (χ0) is 21.5. The first-order valence-electron chi connectivity index (χ1n) is 11.6. The summed E-state index contributed by atoms with van der Waals surface area (Å²) in [7, 11) is 1.79. The SMILES string of the molecule is COCC1CCN(Cc2cccc(OC[C@H](O)CN3CCc4ccccc4C3)c2)CC1. The predicted molar refractivity (Wildman–Crippen MR) is 123 cm³/mol. The first kappa shape index (κ1) is 22.3. The van der Waals surface area contributed by atoms with Gasteiger partial charge in [0.25, 0.3) is 0 Å². The summed E-state index contributed by atoms with van der Waals surface area (Å²) in [6, 6.07) is 16.9. The van der Waals surface area contributed by atoms with Gasteiger partial charge in [0.1, 0.15) is 18.5 Å². The van der Waals surface area contributed by atoms with Crippen molar-refractivity contribution in [3.8, 4) is 5.75 Å². The maximum Gasteiger partial charge on any atom is 0.119 e. The molecule has 0 spiro atoms. The normalized spacial score (nSPS) is 19.2. The molecule has 168 valence electrons. The largest absolute Gasteiger partial charge is 0.491 e. The van der Waals surface area contributed by atoms with Crippen LogP contribution in [0.3, 0.4) is 0 Å². The smallest absolute Gasteiger partial charge is 0.119 e. The van der Waals surface area contributed by atoms with Crippen molar-refractivity contribution in [2.24, 2.45) is 5.92 Å². The minimum absolute atomic E-state index is 0.323. The predicted octanol–water partition coefficient (Wildman–Crippen LogP) is 3.34. The molecule has 5 heteroatoms. The van der Waals surface area contributed by atoms with Crippen LogP contribution in [0.2, 0.25) is 0 Å². The monoisotopic (exact) mass is 424 g/mol. The average molecular weight is 425 g/mol. The van der Waals surface area contributed by atoms with E-state index in [9.17, 15) is 5.11 Å². The number of hydrogen-bond acceptors (Lipinski definition) is 5. The number of aliphatic hydroxyl groups excluding tert-OH is 1. The highest BCUT2D eigenvalue weighted by molar-refractivity contribution is 5.29. The van der Waals surface area contributed by atoms with E-state index in [1.807, 2.05) is 6.07 Å². The summed E-state index contributed by atoms with van der Waals surface area (Å²) in [4.78, 5) is 4.83. The molecule has 2 aromatic carbocycles. The minimum atomic E-state index is -0.492. The van der Waals surface area contributed by atoms with Crippen molar-refractivity contribution in [2.75, 3.05) is 46.5 Å². The summed E-state index contributed by atoms with van der Waals surface area (Å²) < 4.78 is 11.2. The standard InChI is InChI=1S/C26H36N2O3/c1-30-19-21-9-12-27(13-10-21)16-22-5-4-8-26(15-22)31-20-25(29)18-28-14-11-23-6-2-3-7-24(23)17-28/h2-8,15,21,25,29H,9-14,16-20H2,1H3/t25-/m1/s1. The van der Waals surface area contributed by atoms with Crippen molar-refractivity contribution in [3.05, 3.63) is 65.2 Å². The molecule has 0 aliphatic carbocycles. The van der Waals surface area contributed by atoms with Crippen LogP contribution >= 0.6 is 0 Å². The Bertz CT molecular complexity index is 820. The topological polar surface area (TPSA) is 45.2 Å². The number of likely N-dealkylation sites (tertiary alicyclic amines) is 1. The Balaban J connectivity index is 1.21. The Kier molecular flexibility index (Phi) is 7.97. The summed E-state index contributed by atoms with van der Waals surface area (Å²) in [5.41, 5.74) is 4.08. The Morgan fingerprint density at radius 1 is 1.00 bits per heavy atom. The van der Waals surface area contributed by atoms with Gasteiger partial charge in [0.2, 0.25) is 0 Å². The van der Waals surface area contributed by atoms with Crippen LogP contribution in [0.1, 0.15) is 29.5 Å². The molecule has 2 heterocycles. The molecule has 1 fully saturated rings. The third-order valence-corrected chi connectivity index (χ3v) is 6.54. The van der Waals surface area contributed by atoms with Gasteiger partial charge in [-0.05, 0) is 67.1 Å². The van der Waals surface area contributed by atoms with Gasteiger partial charge >= 0.3 is 0 Å². The number of β-amino-alcohol motifs (C(OH)–C–C–N with tert-alkyl or cyclic N) is 1. The second kappa shape index (κ2) is 11.1. The zero-order valence-corrected chi connectivity index (χ0v) is 18.7. The molecule has 0 radical (unpaired) electrons. The van der Waals surface area contributed by atoms with E-state index in [1.54, 1.807) is 7.11 Å². The summed E-state index contributed by atoms with van der Waals surface area (Å²) >= 11 is 0. The molecule has 4 rings (SSSR count). The van der Waals surface area contributed by atoms with Gasteiger partial charge in [-0.3, -0.25) is 9.80 Å². The molecule has 0 unspecified atom stereocenters. The van der Waals surface area contributed by atoms with Gasteiger partial charge in [-0.1, -0.05) is 36.4 Å². The van der Waals surface area contributed by atoms with Crippen molar-refractivity contribution in [1.29, 1.82) is 0 Å². The van der Waals surface area contributed by atoms with E-state index in [-0.39, 0.29) is 0 Å². The molecular weight excluding hydrogens is 388 g/mol. The number of aliphatic hydroxyl groups is 1. The van der Waals surface area contributed by atoms with E-state index in [4.69, 9.17) is 9.47 Å². The molecule has 1 saturated heterocycles. The van der Waals surface area contributed by atoms with Crippen LogP contribution in [0.4, 0.5) is 0 Å². The molecule has 5 nitrogen and oxygen atoms in total. The van der Waals surface area contributed by atoms with Crippen molar-refractivity contribution in [3.63, 3.8) is 0 Å². The summed E-state index contributed by atoms with van der Waals surface area (Å²) in [6.45, 7) is 6.94. The number of piperidine rings is 1. The Labute approximate surface area is 186 Å². The Hall–Kier alpha value is -1.92. The highest BCUT2D eigenvalue weighted by Crippen LogP contribution is 2.22. The lowest BCUT2D eigenvalue weighted by atomic mass is 9.97. The van der Waals surface area contributed by atoms with Gasteiger partial charge in [0.15, 0.2) is 0 Å². The van der Waals surface area contributed by atoms with E-state index in [0.717, 1.165) is 51.5 Å². The van der Waals surface area contributed by atoms with Gasteiger partial charge in [-0.2, -0.15) is 0 Å². The number of methoxy groups -OCH3 is 1. The quantitative estimate of drug-likeness (QED) is 0.669. The molecule has 2 aliphatic rings. The summed E-state index contributed by atoms with van der Waals surface area (Å²) in [5.74, 6) is 1.54. The average Bonchev–Trinajstić information content (AvgIpc) is 2.79. The van der Waals surface area contributed by atoms with Gasteiger partial charge in [0.05, 0.1) is 0 Å².